The smallest absolute Gasteiger partial charge is 0.127 e. The Morgan fingerprint density at radius 1 is 1.11 bits per heavy atom. The molecule has 4 heteroatoms. The highest BCUT2D eigenvalue weighted by Crippen LogP contribution is 2.28. The summed E-state index contributed by atoms with van der Waals surface area (Å²) in [4.78, 5) is 0. The number of amidine groups is 1. The van der Waals surface area contributed by atoms with Crippen molar-refractivity contribution in [3.8, 4) is 5.75 Å². The molecule has 19 heavy (non-hydrogen) atoms. The number of nitrogen functional groups attached to an aromatic ring is 1. The van der Waals surface area contributed by atoms with Gasteiger partial charge in [-0.15, -0.1) is 0 Å². The first kappa shape index (κ1) is 13.4. The Morgan fingerprint density at radius 3 is 2.53 bits per heavy atom. The molecule has 0 aromatic heterocycles. The third-order valence-corrected chi connectivity index (χ3v) is 2.86. The van der Waals surface area contributed by atoms with Gasteiger partial charge in [0.1, 0.15) is 18.2 Å². The second-order valence-electron chi connectivity index (χ2n) is 4.12. The summed E-state index contributed by atoms with van der Waals surface area (Å²) in [5.74, 6) is 0.859. The van der Waals surface area contributed by atoms with Crippen molar-refractivity contribution in [2.24, 2.45) is 5.73 Å². The Labute approximate surface area is 112 Å². The van der Waals surface area contributed by atoms with Crippen LogP contribution >= 0.6 is 0 Å². The molecule has 0 saturated heterocycles. The number of hydrogen-bond donors (Lipinski definition) is 2. The van der Waals surface area contributed by atoms with Crippen molar-refractivity contribution in [2.75, 3.05) is 19.8 Å². The van der Waals surface area contributed by atoms with E-state index in [1.807, 2.05) is 43.3 Å². The first-order valence-corrected chi connectivity index (χ1v) is 6.30. The molecule has 0 amide bonds. The molecule has 0 fully saturated rings. The monoisotopic (exact) mass is 258 g/mol. The summed E-state index contributed by atoms with van der Waals surface area (Å²) in [6.45, 7) is 3.72. The maximum Gasteiger partial charge on any atom is 0.127 e. The van der Waals surface area contributed by atoms with Gasteiger partial charge in [0.05, 0.1) is 6.61 Å². The summed E-state index contributed by atoms with van der Waals surface area (Å²) in [5, 5.41) is 9.50. The van der Waals surface area contributed by atoms with E-state index in [2.05, 4.69) is 0 Å². The third kappa shape index (κ3) is 3.03. The van der Waals surface area contributed by atoms with Crippen LogP contribution < -0.4 is 10.5 Å². The molecular formula is C15H18N2O2. The van der Waals surface area contributed by atoms with Crippen LogP contribution in [0.3, 0.4) is 0 Å². The van der Waals surface area contributed by atoms with E-state index in [0.29, 0.717) is 19.8 Å². The summed E-state index contributed by atoms with van der Waals surface area (Å²) in [6, 6.07) is 11.5. The summed E-state index contributed by atoms with van der Waals surface area (Å²) >= 11 is 0. The maximum atomic E-state index is 7.60. The van der Waals surface area contributed by atoms with E-state index in [1.165, 1.54) is 0 Å². The van der Waals surface area contributed by atoms with Crippen LogP contribution in [0, 0.1) is 5.41 Å². The largest absolute Gasteiger partial charge is 0.491 e. The second-order valence-corrected chi connectivity index (χ2v) is 4.12. The number of hydrogen-bond acceptors (Lipinski definition) is 3. The van der Waals surface area contributed by atoms with E-state index >= 15 is 0 Å². The van der Waals surface area contributed by atoms with Crippen LogP contribution in [0.15, 0.2) is 36.4 Å². The van der Waals surface area contributed by atoms with Gasteiger partial charge >= 0.3 is 0 Å². The quantitative estimate of drug-likeness (QED) is 0.475. The highest BCUT2D eigenvalue weighted by molar-refractivity contribution is 6.09. The molecule has 0 saturated carbocycles. The number of nitrogens with one attached hydrogen (secondary N) is 1. The van der Waals surface area contributed by atoms with Crippen molar-refractivity contribution in [1.29, 1.82) is 5.41 Å². The zero-order chi connectivity index (χ0) is 13.7. The third-order valence-electron chi connectivity index (χ3n) is 2.86. The van der Waals surface area contributed by atoms with Crippen LogP contribution in [-0.4, -0.2) is 25.7 Å². The highest BCUT2D eigenvalue weighted by Gasteiger charge is 2.08. The highest BCUT2D eigenvalue weighted by atomic mass is 16.5. The molecule has 0 atom stereocenters. The summed E-state index contributed by atoms with van der Waals surface area (Å²) in [6.07, 6.45) is 0. The SMILES string of the molecule is CCOCCOc1ccc(C(=N)N)c2ccccc12. The van der Waals surface area contributed by atoms with Gasteiger partial charge in [0.25, 0.3) is 0 Å². The Bertz CT molecular complexity index is 581. The van der Waals surface area contributed by atoms with Gasteiger partial charge < -0.3 is 15.2 Å². The van der Waals surface area contributed by atoms with Gasteiger partial charge in [-0.1, -0.05) is 24.3 Å². The standard InChI is InChI=1S/C15H18N2O2/c1-2-18-9-10-19-14-8-7-13(15(16)17)11-5-3-4-6-12(11)14/h3-8H,2,9-10H2,1H3,(H3,16,17). The van der Waals surface area contributed by atoms with Gasteiger partial charge in [-0.25, -0.2) is 0 Å². The number of nitrogens with two attached hydrogens (primary N) is 1. The van der Waals surface area contributed by atoms with Gasteiger partial charge in [-0.05, 0) is 24.4 Å². The van der Waals surface area contributed by atoms with Gasteiger partial charge in [-0.2, -0.15) is 0 Å². The number of ether oxygens (including phenoxy) is 2. The van der Waals surface area contributed by atoms with E-state index in [0.717, 1.165) is 22.1 Å². The topological polar surface area (TPSA) is 68.3 Å². The van der Waals surface area contributed by atoms with E-state index in [1.54, 1.807) is 0 Å². The first-order valence-electron chi connectivity index (χ1n) is 6.30. The molecule has 100 valence electrons. The molecule has 2 aromatic carbocycles. The Balaban J connectivity index is 2.30. The molecule has 0 spiro atoms. The molecule has 0 aliphatic heterocycles. The summed E-state index contributed by atoms with van der Waals surface area (Å²) in [5.41, 5.74) is 6.32. The van der Waals surface area contributed by atoms with Crippen molar-refractivity contribution in [3.05, 3.63) is 42.0 Å². The van der Waals surface area contributed by atoms with Gasteiger partial charge in [-0.3, -0.25) is 5.41 Å². The van der Waals surface area contributed by atoms with Crippen molar-refractivity contribution in [1.82, 2.24) is 0 Å². The Kier molecular flexibility index (Phi) is 4.36. The minimum atomic E-state index is 0.0667. The van der Waals surface area contributed by atoms with Crippen molar-refractivity contribution < 1.29 is 9.47 Å². The summed E-state index contributed by atoms with van der Waals surface area (Å²) in [7, 11) is 0. The minimum absolute atomic E-state index is 0.0667. The number of fused-ring (bicyclic) bond motifs is 1. The first-order chi connectivity index (χ1) is 9.24. The fourth-order valence-electron chi connectivity index (χ4n) is 1.99. The maximum absolute atomic E-state index is 7.60. The lowest BCUT2D eigenvalue weighted by atomic mass is 10.0. The zero-order valence-corrected chi connectivity index (χ0v) is 11.0. The van der Waals surface area contributed by atoms with Crippen molar-refractivity contribution in [2.45, 2.75) is 6.92 Å². The number of benzene rings is 2. The molecule has 0 unspecified atom stereocenters. The normalized spacial score (nSPS) is 10.6. The van der Waals surface area contributed by atoms with E-state index in [9.17, 15) is 0 Å². The summed E-state index contributed by atoms with van der Waals surface area (Å²) < 4.78 is 11.0. The van der Waals surface area contributed by atoms with Gasteiger partial charge in [0, 0.05) is 17.6 Å². The average molecular weight is 258 g/mol. The van der Waals surface area contributed by atoms with E-state index in [4.69, 9.17) is 20.6 Å². The molecule has 0 radical (unpaired) electrons. The fourth-order valence-corrected chi connectivity index (χ4v) is 1.99. The lowest BCUT2D eigenvalue weighted by Gasteiger charge is -2.12. The predicted octanol–water partition coefficient (Wildman–Crippen LogP) is 2.54. The molecule has 2 rings (SSSR count). The fraction of sp³-hybridized carbons (Fsp3) is 0.267. The second kappa shape index (κ2) is 6.20. The molecule has 4 nitrogen and oxygen atoms in total. The van der Waals surface area contributed by atoms with Gasteiger partial charge in [0.2, 0.25) is 0 Å². The molecule has 0 aliphatic rings. The van der Waals surface area contributed by atoms with Crippen LogP contribution in [0.4, 0.5) is 0 Å². The average Bonchev–Trinajstić information content (AvgIpc) is 2.43. The van der Waals surface area contributed by atoms with Crippen molar-refractivity contribution >= 4 is 16.6 Å². The number of rotatable bonds is 6. The van der Waals surface area contributed by atoms with Crippen LogP contribution in [0.5, 0.6) is 5.75 Å². The molecule has 0 heterocycles. The molecular weight excluding hydrogens is 240 g/mol. The molecule has 3 N–H and O–H groups in total. The van der Waals surface area contributed by atoms with Crippen molar-refractivity contribution in [3.63, 3.8) is 0 Å². The van der Waals surface area contributed by atoms with Crippen LogP contribution in [0.2, 0.25) is 0 Å². The lowest BCUT2D eigenvalue weighted by Crippen LogP contribution is -2.12. The van der Waals surface area contributed by atoms with E-state index in [-0.39, 0.29) is 5.84 Å². The molecule has 2 aromatic rings. The zero-order valence-electron chi connectivity index (χ0n) is 11.0. The molecule has 0 bridgehead atoms. The molecule has 0 aliphatic carbocycles. The Morgan fingerprint density at radius 2 is 1.84 bits per heavy atom. The predicted molar refractivity (Wildman–Crippen MR) is 77.0 cm³/mol. The lowest BCUT2D eigenvalue weighted by molar-refractivity contribution is 0.111. The van der Waals surface area contributed by atoms with Crippen LogP contribution in [-0.2, 0) is 4.74 Å². The van der Waals surface area contributed by atoms with Crippen LogP contribution in [0.1, 0.15) is 12.5 Å². The van der Waals surface area contributed by atoms with Crippen LogP contribution in [0.25, 0.3) is 10.8 Å². The Hall–Kier alpha value is -2.07. The minimum Gasteiger partial charge on any atom is -0.491 e. The van der Waals surface area contributed by atoms with E-state index < -0.39 is 0 Å². The van der Waals surface area contributed by atoms with Gasteiger partial charge in [0.15, 0.2) is 0 Å².